The number of rotatable bonds is 6. The van der Waals surface area contributed by atoms with Crippen LogP contribution in [0.1, 0.15) is 11.4 Å². The van der Waals surface area contributed by atoms with Gasteiger partial charge in [0.05, 0.1) is 21.4 Å². The van der Waals surface area contributed by atoms with Crippen LogP contribution in [0, 0.1) is 0 Å². The number of hydrogen-bond donors (Lipinski definition) is 0. The zero-order valence-electron chi connectivity index (χ0n) is 14.7. The van der Waals surface area contributed by atoms with E-state index in [1.165, 1.54) is 0 Å². The molecule has 0 amide bonds. The van der Waals surface area contributed by atoms with Gasteiger partial charge in [0, 0.05) is 36.3 Å². The minimum Gasteiger partial charge on any atom is -0.305 e. The first-order valence-electron chi connectivity index (χ1n) is 8.48. The molecule has 5 aromatic heterocycles. The van der Waals surface area contributed by atoms with E-state index >= 15 is 0 Å². The zero-order valence-corrected chi connectivity index (χ0v) is 18.7. The highest BCUT2D eigenvalue weighted by Crippen LogP contribution is 2.32. The lowest BCUT2D eigenvalue weighted by Gasteiger charge is -1.92. The van der Waals surface area contributed by atoms with Crippen molar-refractivity contribution in [1.29, 1.82) is 0 Å². The molecule has 0 aliphatic heterocycles. The first-order valence-corrected chi connectivity index (χ1v) is 12.0. The topological polar surface area (TPSA) is 60.4 Å². The summed E-state index contributed by atoms with van der Waals surface area (Å²) in [7, 11) is 0. The third-order valence-corrected chi connectivity index (χ3v) is 7.71. The molecule has 29 heavy (non-hydrogen) atoms. The predicted molar refractivity (Wildman–Crippen MR) is 119 cm³/mol. The summed E-state index contributed by atoms with van der Waals surface area (Å²) in [5.41, 5.74) is 3.72. The van der Waals surface area contributed by atoms with Gasteiger partial charge in [-0.25, -0.2) is 9.97 Å². The van der Waals surface area contributed by atoms with E-state index in [4.69, 9.17) is 23.2 Å². The molecule has 0 saturated heterocycles. The highest BCUT2D eigenvalue weighted by atomic mass is 35.5. The largest absolute Gasteiger partial charge is 0.305 e. The average Bonchev–Trinajstić information content (AvgIpc) is 3.41. The molecular formula is C18H12Cl2N6S3. The van der Waals surface area contributed by atoms with Crippen LogP contribution in [0.15, 0.2) is 57.7 Å². The molecule has 5 heterocycles. The minimum absolute atomic E-state index is 0.689. The molecule has 146 valence electrons. The van der Waals surface area contributed by atoms with Gasteiger partial charge in [0.15, 0.2) is 8.68 Å². The maximum atomic E-state index is 6.02. The Bertz CT molecular complexity index is 1210. The third kappa shape index (κ3) is 4.39. The maximum Gasteiger partial charge on any atom is 0.175 e. The van der Waals surface area contributed by atoms with Crippen LogP contribution in [0.5, 0.6) is 0 Å². The second-order valence-electron chi connectivity index (χ2n) is 6.10. The van der Waals surface area contributed by atoms with Gasteiger partial charge in [0.1, 0.15) is 11.3 Å². The van der Waals surface area contributed by atoms with E-state index in [2.05, 4.69) is 20.2 Å². The SMILES string of the molecule is Clc1ccc2nc(CSc3nnc(SCc4cn5cc(Cl)ccc5n4)s3)cn2c1. The number of fused-ring (bicyclic) bond motifs is 2. The Morgan fingerprint density at radius 1 is 0.724 bits per heavy atom. The third-order valence-electron chi connectivity index (χ3n) is 4.00. The van der Waals surface area contributed by atoms with Gasteiger partial charge < -0.3 is 8.80 Å². The molecule has 0 aromatic carbocycles. The monoisotopic (exact) mass is 478 g/mol. The van der Waals surface area contributed by atoms with Crippen LogP contribution < -0.4 is 0 Å². The molecular weight excluding hydrogens is 467 g/mol. The predicted octanol–water partition coefficient (Wildman–Crippen LogP) is 5.72. The molecule has 5 aromatic rings. The molecule has 0 spiro atoms. The quantitative estimate of drug-likeness (QED) is 0.290. The number of nitrogens with zero attached hydrogens (tertiary/aromatic N) is 6. The second kappa shape index (κ2) is 8.16. The molecule has 0 atom stereocenters. The number of imidazole rings is 2. The Morgan fingerprint density at radius 2 is 1.21 bits per heavy atom. The highest BCUT2D eigenvalue weighted by Gasteiger charge is 2.10. The molecule has 0 radical (unpaired) electrons. The van der Waals surface area contributed by atoms with Crippen molar-refractivity contribution in [3.8, 4) is 0 Å². The summed E-state index contributed by atoms with van der Waals surface area (Å²) >= 11 is 16.9. The van der Waals surface area contributed by atoms with E-state index in [0.29, 0.717) is 10.0 Å². The molecule has 0 fully saturated rings. The number of halogens is 2. The van der Waals surface area contributed by atoms with Crippen LogP contribution in [0.2, 0.25) is 10.0 Å². The lowest BCUT2D eigenvalue weighted by atomic mass is 10.5. The van der Waals surface area contributed by atoms with Crippen LogP contribution >= 0.6 is 58.1 Å². The van der Waals surface area contributed by atoms with Crippen molar-refractivity contribution < 1.29 is 0 Å². The first kappa shape index (κ1) is 19.2. The summed E-state index contributed by atoms with van der Waals surface area (Å²) in [5, 5.41) is 9.93. The van der Waals surface area contributed by atoms with E-state index in [1.807, 2.05) is 57.9 Å². The van der Waals surface area contributed by atoms with Gasteiger partial charge in [0.2, 0.25) is 0 Å². The summed E-state index contributed by atoms with van der Waals surface area (Å²) in [6.07, 6.45) is 7.68. The maximum absolute atomic E-state index is 6.02. The lowest BCUT2D eigenvalue weighted by molar-refractivity contribution is 0.953. The number of pyridine rings is 2. The summed E-state index contributed by atoms with van der Waals surface area (Å²) in [6, 6.07) is 7.49. The molecule has 0 aliphatic carbocycles. The fraction of sp³-hybridized carbons (Fsp3) is 0.111. The Morgan fingerprint density at radius 3 is 1.69 bits per heavy atom. The second-order valence-corrected chi connectivity index (χ2v) is 10.4. The van der Waals surface area contributed by atoms with E-state index in [1.54, 1.807) is 34.9 Å². The van der Waals surface area contributed by atoms with Crippen molar-refractivity contribution in [3.63, 3.8) is 0 Å². The van der Waals surface area contributed by atoms with Crippen LogP contribution in [-0.4, -0.2) is 29.0 Å². The Hall–Kier alpha value is -1.78. The summed E-state index contributed by atoms with van der Waals surface area (Å²) < 4.78 is 5.71. The Labute approximate surface area is 188 Å². The fourth-order valence-electron chi connectivity index (χ4n) is 2.76. The van der Waals surface area contributed by atoms with Gasteiger partial charge >= 0.3 is 0 Å². The van der Waals surface area contributed by atoms with Gasteiger partial charge in [-0.1, -0.05) is 58.1 Å². The summed E-state index contributed by atoms with van der Waals surface area (Å²) in [5.74, 6) is 1.46. The van der Waals surface area contributed by atoms with E-state index < -0.39 is 0 Å². The van der Waals surface area contributed by atoms with E-state index in [-0.39, 0.29) is 0 Å². The lowest BCUT2D eigenvalue weighted by Crippen LogP contribution is -1.80. The van der Waals surface area contributed by atoms with Crippen molar-refractivity contribution in [2.75, 3.05) is 0 Å². The fourth-order valence-corrected chi connectivity index (χ4v) is 5.88. The van der Waals surface area contributed by atoms with Gasteiger partial charge in [0.25, 0.3) is 0 Å². The highest BCUT2D eigenvalue weighted by molar-refractivity contribution is 8.02. The smallest absolute Gasteiger partial charge is 0.175 e. The molecule has 0 saturated carbocycles. The minimum atomic E-state index is 0.689. The molecule has 0 bridgehead atoms. The number of hydrogen-bond acceptors (Lipinski definition) is 7. The van der Waals surface area contributed by atoms with E-state index in [0.717, 1.165) is 42.9 Å². The standard InChI is InChI=1S/C18H12Cl2N6S3/c19-11-1-3-15-21-13(7-25(15)5-11)9-27-17-23-24-18(29-17)28-10-14-8-26-6-12(20)2-4-16(26)22-14/h1-8H,9-10H2. The molecule has 0 N–H and O–H groups in total. The van der Waals surface area contributed by atoms with Crippen molar-refractivity contribution >= 4 is 69.4 Å². The zero-order chi connectivity index (χ0) is 19.8. The van der Waals surface area contributed by atoms with Gasteiger partial charge in [-0.15, -0.1) is 10.2 Å². The van der Waals surface area contributed by atoms with Crippen molar-refractivity contribution in [2.45, 2.75) is 20.2 Å². The molecule has 5 rings (SSSR count). The van der Waals surface area contributed by atoms with E-state index in [9.17, 15) is 0 Å². The van der Waals surface area contributed by atoms with Gasteiger partial charge in [-0.3, -0.25) is 0 Å². The number of aromatic nitrogens is 6. The van der Waals surface area contributed by atoms with Crippen molar-refractivity contribution in [3.05, 3.63) is 70.5 Å². The van der Waals surface area contributed by atoms with Gasteiger partial charge in [-0.05, 0) is 24.3 Å². The molecule has 0 unspecified atom stereocenters. The summed E-state index contributed by atoms with van der Waals surface area (Å²) in [4.78, 5) is 9.19. The first-order chi connectivity index (χ1) is 14.1. The molecule has 0 aliphatic rings. The Kier molecular flexibility index (Phi) is 5.40. The van der Waals surface area contributed by atoms with Crippen LogP contribution in [0.4, 0.5) is 0 Å². The van der Waals surface area contributed by atoms with Crippen LogP contribution in [-0.2, 0) is 11.5 Å². The van der Waals surface area contributed by atoms with Crippen molar-refractivity contribution in [1.82, 2.24) is 29.0 Å². The summed E-state index contributed by atoms with van der Waals surface area (Å²) in [6.45, 7) is 0. The van der Waals surface area contributed by atoms with Gasteiger partial charge in [-0.2, -0.15) is 0 Å². The Balaban J connectivity index is 1.20. The average molecular weight is 479 g/mol. The van der Waals surface area contributed by atoms with Crippen molar-refractivity contribution in [2.24, 2.45) is 0 Å². The molecule has 6 nitrogen and oxygen atoms in total. The molecule has 11 heteroatoms. The number of thioether (sulfide) groups is 2. The van der Waals surface area contributed by atoms with Crippen LogP contribution in [0.25, 0.3) is 11.3 Å². The van der Waals surface area contributed by atoms with Crippen LogP contribution in [0.3, 0.4) is 0 Å². The normalized spacial score (nSPS) is 11.7.